The van der Waals surface area contributed by atoms with Crippen LogP contribution in [0.25, 0.3) is 0 Å². The Morgan fingerprint density at radius 3 is 2.21 bits per heavy atom. The van der Waals surface area contributed by atoms with Gasteiger partial charge in [-0.25, -0.2) is 17.6 Å². The quantitative estimate of drug-likeness (QED) is 0.602. The van der Waals surface area contributed by atoms with Crippen molar-refractivity contribution in [3.63, 3.8) is 0 Å². The maximum atomic E-state index is 14.5. The van der Waals surface area contributed by atoms with Crippen molar-refractivity contribution in [1.29, 1.82) is 0 Å². The third kappa shape index (κ3) is 2.51. The maximum Gasteiger partial charge on any atom is 0.368 e. The van der Waals surface area contributed by atoms with Gasteiger partial charge in [0.05, 0.1) is 11.5 Å². The highest BCUT2D eigenvalue weighted by Gasteiger charge is 2.58. The average Bonchev–Trinajstić information content (AvgIpc) is 2.38. The van der Waals surface area contributed by atoms with Gasteiger partial charge in [0.1, 0.15) is 0 Å². The van der Waals surface area contributed by atoms with Crippen LogP contribution in [0.2, 0.25) is 0 Å². The number of carbonyl (C=O) groups excluding carboxylic acids is 2. The summed E-state index contributed by atoms with van der Waals surface area (Å²) in [4.78, 5) is 22.4. The Bertz CT molecular complexity index is 581. The molecule has 0 N–H and O–H groups in total. The van der Waals surface area contributed by atoms with Crippen molar-refractivity contribution in [1.82, 2.24) is 0 Å². The number of hydrogen-bond acceptors (Lipinski definition) is 5. The number of ketones is 1. The Morgan fingerprint density at radius 1 is 1.26 bits per heavy atom. The van der Waals surface area contributed by atoms with Gasteiger partial charge in [0, 0.05) is 0 Å². The molecule has 1 aromatic rings. The minimum absolute atomic E-state index is 0.234. The first-order valence-corrected chi connectivity index (χ1v) is 6.93. The highest BCUT2D eigenvalue weighted by molar-refractivity contribution is 7.94. The SMILES string of the molecule is CCOC(=O)C(F)(C(C)=O)S(=O)(=O)c1ccccc1. The lowest BCUT2D eigenvalue weighted by Gasteiger charge is -2.20. The van der Waals surface area contributed by atoms with Gasteiger partial charge in [0.15, 0.2) is 5.78 Å². The fourth-order valence-electron chi connectivity index (χ4n) is 1.43. The van der Waals surface area contributed by atoms with Crippen LogP contribution in [0.5, 0.6) is 0 Å². The second-order valence-corrected chi connectivity index (χ2v) is 5.73. The monoisotopic (exact) mass is 288 g/mol. The number of carbonyl (C=O) groups is 2. The third-order valence-corrected chi connectivity index (χ3v) is 4.50. The molecule has 0 saturated carbocycles. The highest BCUT2D eigenvalue weighted by atomic mass is 32.2. The molecular formula is C12H13FO5S. The summed E-state index contributed by atoms with van der Waals surface area (Å²) in [5, 5.41) is -3.72. The van der Waals surface area contributed by atoms with Gasteiger partial charge in [-0.2, -0.15) is 0 Å². The molecule has 104 valence electrons. The van der Waals surface area contributed by atoms with Crippen LogP contribution in [0.15, 0.2) is 35.2 Å². The minimum Gasteiger partial charge on any atom is -0.462 e. The summed E-state index contributed by atoms with van der Waals surface area (Å²) in [6.45, 7) is 1.84. The van der Waals surface area contributed by atoms with Crippen molar-refractivity contribution in [2.24, 2.45) is 0 Å². The van der Waals surface area contributed by atoms with Crippen LogP contribution < -0.4 is 0 Å². The number of benzene rings is 1. The largest absolute Gasteiger partial charge is 0.462 e. The van der Waals surface area contributed by atoms with Crippen molar-refractivity contribution in [3.8, 4) is 0 Å². The molecule has 1 aromatic carbocycles. The summed E-state index contributed by atoms with van der Waals surface area (Å²) in [5.41, 5.74) is 0. The van der Waals surface area contributed by atoms with Gasteiger partial charge in [-0.3, -0.25) is 4.79 Å². The molecule has 0 spiro atoms. The Labute approximate surface area is 110 Å². The van der Waals surface area contributed by atoms with Crippen molar-refractivity contribution >= 4 is 21.6 Å². The van der Waals surface area contributed by atoms with Gasteiger partial charge in [0.2, 0.25) is 9.84 Å². The second-order valence-electron chi connectivity index (χ2n) is 3.69. The summed E-state index contributed by atoms with van der Waals surface area (Å²) in [5.74, 6) is -3.15. The predicted octanol–water partition coefficient (Wildman–Crippen LogP) is 1.28. The molecule has 0 aromatic heterocycles. The summed E-state index contributed by atoms with van der Waals surface area (Å²) >= 11 is 0. The van der Waals surface area contributed by atoms with E-state index in [0.717, 1.165) is 12.1 Å². The Balaban J connectivity index is 3.43. The lowest BCUT2D eigenvalue weighted by Crippen LogP contribution is -2.49. The van der Waals surface area contributed by atoms with Gasteiger partial charge in [-0.15, -0.1) is 0 Å². The van der Waals surface area contributed by atoms with E-state index in [2.05, 4.69) is 4.74 Å². The lowest BCUT2D eigenvalue weighted by atomic mass is 10.3. The number of esters is 1. The van der Waals surface area contributed by atoms with Gasteiger partial charge in [-0.05, 0) is 26.0 Å². The first kappa shape index (κ1) is 15.3. The fourth-order valence-corrected chi connectivity index (χ4v) is 2.93. The van der Waals surface area contributed by atoms with Crippen LogP contribution >= 0.6 is 0 Å². The zero-order valence-corrected chi connectivity index (χ0v) is 11.2. The van der Waals surface area contributed by atoms with E-state index in [1.54, 1.807) is 0 Å². The zero-order valence-electron chi connectivity index (χ0n) is 10.4. The van der Waals surface area contributed by atoms with Crippen LogP contribution in [-0.4, -0.2) is 31.8 Å². The molecular weight excluding hydrogens is 275 g/mol. The molecule has 19 heavy (non-hydrogen) atoms. The number of ether oxygens (including phenoxy) is 1. The topological polar surface area (TPSA) is 77.5 Å². The molecule has 0 aliphatic carbocycles. The lowest BCUT2D eigenvalue weighted by molar-refractivity contribution is -0.155. The third-order valence-electron chi connectivity index (χ3n) is 2.41. The second kappa shape index (κ2) is 5.48. The molecule has 7 heteroatoms. The van der Waals surface area contributed by atoms with Gasteiger partial charge >= 0.3 is 11.0 Å². The van der Waals surface area contributed by atoms with Crippen molar-refractivity contribution < 1.29 is 27.1 Å². The summed E-state index contributed by atoms with van der Waals surface area (Å²) < 4.78 is 43.1. The molecule has 0 heterocycles. The van der Waals surface area contributed by atoms with Crippen LogP contribution in [0.4, 0.5) is 4.39 Å². The van der Waals surface area contributed by atoms with Crippen LogP contribution in [0, 0.1) is 0 Å². The number of Topliss-reactive ketones (excluding diaryl/α,β-unsaturated/α-hetero) is 1. The predicted molar refractivity (Wildman–Crippen MR) is 64.8 cm³/mol. The summed E-state index contributed by atoms with van der Waals surface area (Å²) in [6, 6.07) is 6.45. The molecule has 0 radical (unpaired) electrons. The minimum atomic E-state index is -4.81. The number of halogens is 1. The van der Waals surface area contributed by atoms with Crippen LogP contribution in [0.1, 0.15) is 13.8 Å². The Hall–Kier alpha value is -1.76. The van der Waals surface area contributed by atoms with Crippen LogP contribution in [0.3, 0.4) is 0 Å². The van der Waals surface area contributed by atoms with Gasteiger partial charge in [-0.1, -0.05) is 18.2 Å². The van der Waals surface area contributed by atoms with E-state index in [9.17, 15) is 22.4 Å². The molecule has 0 fully saturated rings. The van der Waals surface area contributed by atoms with E-state index in [-0.39, 0.29) is 6.61 Å². The maximum absolute atomic E-state index is 14.5. The normalized spacial score (nSPS) is 14.5. The molecule has 0 aliphatic heterocycles. The first-order chi connectivity index (χ1) is 8.78. The number of rotatable bonds is 5. The molecule has 0 bridgehead atoms. The number of sulfone groups is 1. The number of hydrogen-bond donors (Lipinski definition) is 0. The van der Waals surface area contributed by atoms with E-state index >= 15 is 0 Å². The van der Waals surface area contributed by atoms with Crippen molar-refractivity contribution in [2.75, 3.05) is 6.61 Å². The molecule has 0 saturated heterocycles. The van der Waals surface area contributed by atoms with E-state index in [4.69, 9.17) is 0 Å². The van der Waals surface area contributed by atoms with E-state index in [1.165, 1.54) is 25.1 Å². The smallest absolute Gasteiger partial charge is 0.368 e. The van der Waals surface area contributed by atoms with Crippen molar-refractivity contribution in [2.45, 2.75) is 23.7 Å². The Morgan fingerprint density at radius 2 is 1.79 bits per heavy atom. The molecule has 1 atom stereocenters. The van der Waals surface area contributed by atoms with Crippen molar-refractivity contribution in [3.05, 3.63) is 30.3 Å². The van der Waals surface area contributed by atoms with E-state index in [0.29, 0.717) is 6.92 Å². The number of alkyl halides is 1. The van der Waals surface area contributed by atoms with Gasteiger partial charge in [0.25, 0.3) is 0 Å². The van der Waals surface area contributed by atoms with Crippen LogP contribution in [-0.2, 0) is 24.2 Å². The zero-order chi connectivity index (χ0) is 14.7. The average molecular weight is 288 g/mol. The molecule has 0 amide bonds. The van der Waals surface area contributed by atoms with E-state index in [1.807, 2.05) is 0 Å². The summed E-state index contributed by atoms with van der Waals surface area (Å²) in [6.07, 6.45) is 0. The van der Waals surface area contributed by atoms with Gasteiger partial charge < -0.3 is 4.74 Å². The molecule has 1 rings (SSSR count). The molecule has 1 unspecified atom stereocenters. The highest BCUT2D eigenvalue weighted by Crippen LogP contribution is 2.29. The van der Waals surface area contributed by atoms with E-state index < -0.39 is 31.5 Å². The first-order valence-electron chi connectivity index (χ1n) is 5.45. The standard InChI is InChI=1S/C12H13FO5S/c1-3-18-11(15)12(13,9(2)14)19(16,17)10-7-5-4-6-8-10/h4-8H,3H2,1-2H3. The molecule has 0 aliphatic rings. The summed E-state index contributed by atoms with van der Waals surface area (Å²) in [7, 11) is -4.81. The molecule has 5 nitrogen and oxygen atoms in total. The fraction of sp³-hybridized carbons (Fsp3) is 0.333. The Kier molecular flexibility index (Phi) is 4.41.